The van der Waals surface area contributed by atoms with Gasteiger partial charge in [-0.15, -0.1) is 0 Å². The van der Waals surface area contributed by atoms with Crippen molar-refractivity contribution in [2.45, 2.75) is 31.7 Å². The standard InChI is InChI=1S/C13H19N3O2/c17-13(12-9-14-6-7-16-12)10-18-8-4-11-3-1-2-5-15-11/h6-7,9,11,15H,1-5,8,10H2/t11-/m1/s1. The Morgan fingerprint density at radius 3 is 3.11 bits per heavy atom. The second kappa shape index (κ2) is 7.18. The van der Waals surface area contributed by atoms with E-state index in [-0.39, 0.29) is 12.4 Å². The lowest BCUT2D eigenvalue weighted by Crippen LogP contribution is -2.34. The van der Waals surface area contributed by atoms with Gasteiger partial charge in [0.05, 0.1) is 6.20 Å². The molecule has 1 atom stereocenters. The van der Waals surface area contributed by atoms with Crippen molar-refractivity contribution in [3.8, 4) is 0 Å². The van der Waals surface area contributed by atoms with E-state index in [9.17, 15) is 4.79 Å². The summed E-state index contributed by atoms with van der Waals surface area (Å²) in [7, 11) is 0. The number of hydrogen-bond donors (Lipinski definition) is 1. The number of aromatic nitrogens is 2. The molecule has 0 aromatic carbocycles. The average molecular weight is 249 g/mol. The molecule has 1 aliphatic heterocycles. The Bertz CT molecular complexity index is 364. The Morgan fingerprint density at radius 2 is 2.39 bits per heavy atom. The fourth-order valence-electron chi connectivity index (χ4n) is 2.08. The summed E-state index contributed by atoms with van der Waals surface area (Å²) >= 11 is 0. The fraction of sp³-hybridized carbons (Fsp3) is 0.615. The van der Waals surface area contributed by atoms with Gasteiger partial charge in [0.2, 0.25) is 5.78 Å². The Hall–Kier alpha value is -1.33. The van der Waals surface area contributed by atoms with Gasteiger partial charge < -0.3 is 10.1 Å². The van der Waals surface area contributed by atoms with Crippen LogP contribution >= 0.6 is 0 Å². The van der Waals surface area contributed by atoms with E-state index in [1.807, 2.05) is 0 Å². The first-order chi connectivity index (χ1) is 8.86. The highest BCUT2D eigenvalue weighted by atomic mass is 16.5. The third kappa shape index (κ3) is 4.16. The molecule has 5 nitrogen and oxygen atoms in total. The molecule has 1 aliphatic rings. The van der Waals surface area contributed by atoms with Crippen molar-refractivity contribution < 1.29 is 9.53 Å². The maximum Gasteiger partial charge on any atom is 0.208 e. The van der Waals surface area contributed by atoms with Crippen LogP contribution in [0, 0.1) is 0 Å². The van der Waals surface area contributed by atoms with Gasteiger partial charge in [0, 0.05) is 25.0 Å². The minimum Gasteiger partial charge on any atom is -0.373 e. The molecule has 1 N–H and O–H groups in total. The van der Waals surface area contributed by atoms with Gasteiger partial charge in [-0.3, -0.25) is 9.78 Å². The van der Waals surface area contributed by atoms with Crippen LogP contribution in [0.25, 0.3) is 0 Å². The third-order valence-corrected chi connectivity index (χ3v) is 3.11. The zero-order valence-electron chi connectivity index (χ0n) is 10.5. The number of rotatable bonds is 6. The summed E-state index contributed by atoms with van der Waals surface area (Å²) in [5, 5.41) is 3.45. The Morgan fingerprint density at radius 1 is 1.44 bits per heavy atom. The second-order valence-corrected chi connectivity index (χ2v) is 4.50. The molecule has 1 fully saturated rings. The normalized spacial score (nSPS) is 19.7. The Kier molecular flexibility index (Phi) is 5.23. The van der Waals surface area contributed by atoms with Crippen molar-refractivity contribution in [1.82, 2.24) is 15.3 Å². The van der Waals surface area contributed by atoms with Gasteiger partial charge in [0.15, 0.2) is 0 Å². The minimum absolute atomic E-state index is 0.0887. The van der Waals surface area contributed by atoms with Crippen LogP contribution in [0.2, 0.25) is 0 Å². The largest absolute Gasteiger partial charge is 0.373 e. The van der Waals surface area contributed by atoms with Crippen LogP contribution in [0.4, 0.5) is 0 Å². The van der Waals surface area contributed by atoms with E-state index in [4.69, 9.17) is 4.74 Å². The first-order valence-electron chi connectivity index (χ1n) is 6.46. The molecule has 0 amide bonds. The summed E-state index contributed by atoms with van der Waals surface area (Å²) in [6.07, 6.45) is 9.26. The SMILES string of the molecule is O=C(COCC[C@H]1CCCCN1)c1cnccn1. The van der Waals surface area contributed by atoms with E-state index >= 15 is 0 Å². The van der Waals surface area contributed by atoms with Crippen LogP contribution in [0.15, 0.2) is 18.6 Å². The first-order valence-corrected chi connectivity index (χ1v) is 6.46. The maximum absolute atomic E-state index is 11.7. The second-order valence-electron chi connectivity index (χ2n) is 4.50. The molecule has 0 bridgehead atoms. The van der Waals surface area contributed by atoms with Gasteiger partial charge in [-0.2, -0.15) is 0 Å². The molecule has 1 saturated heterocycles. The molecule has 2 rings (SSSR count). The third-order valence-electron chi connectivity index (χ3n) is 3.11. The molecule has 1 aromatic heterocycles. The monoisotopic (exact) mass is 249 g/mol. The lowest BCUT2D eigenvalue weighted by Gasteiger charge is -2.23. The van der Waals surface area contributed by atoms with Gasteiger partial charge in [0.1, 0.15) is 12.3 Å². The summed E-state index contributed by atoms with van der Waals surface area (Å²) in [4.78, 5) is 19.5. The average Bonchev–Trinajstić information content (AvgIpc) is 2.45. The molecule has 2 heterocycles. The van der Waals surface area contributed by atoms with Gasteiger partial charge in [-0.05, 0) is 25.8 Å². The van der Waals surface area contributed by atoms with Gasteiger partial charge in [0.25, 0.3) is 0 Å². The van der Waals surface area contributed by atoms with Crippen LogP contribution < -0.4 is 5.32 Å². The summed E-state index contributed by atoms with van der Waals surface area (Å²) in [5.41, 5.74) is 0.369. The number of piperidine rings is 1. The van der Waals surface area contributed by atoms with Gasteiger partial charge in [-0.25, -0.2) is 4.98 Å². The van der Waals surface area contributed by atoms with E-state index in [0.717, 1.165) is 13.0 Å². The predicted octanol–water partition coefficient (Wildman–Crippen LogP) is 1.21. The fourth-order valence-corrected chi connectivity index (χ4v) is 2.08. The first kappa shape index (κ1) is 13.1. The minimum atomic E-state index is -0.111. The van der Waals surface area contributed by atoms with E-state index in [1.165, 1.54) is 31.7 Å². The maximum atomic E-state index is 11.7. The summed E-state index contributed by atoms with van der Waals surface area (Å²) in [6.45, 7) is 1.80. The lowest BCUT2D eigenvalue weighted by molar-refractivity contribution is 0.0731. The zero-order chi connectivity index (χ0) is 12.6. The highest BCUT2D eigenvalue weighted by Gasteiger charge is 2.12. The van der Waals surface area contributed by atoms with Crippen molar-refractivity contribution in [3.05, 3.63) is 24.3 Å². The number of carbonyl (C=O) groups is 1. The van der Waals surface area contributed by atoms with Crippen molar-refractivity contribution in [1.29, 1.82) is 0 Å². The summed E-state index contributed by atoms with van der Waals surface area (Å²) in [5.74, 6) is -0.111. The zero-order valence-corrected chi connectivity index (χ0v) is 10.5. The summed E-state index contributed by atoms with van der Waals surface area (Å²) in [6, 6.07) is 0.547. The van der Waals surface area contributed by atoms with Gasteiger partial charge in [-0.1, -0.05) is 6.42 Å². The number of carbonyl (C=O) groups excluding carboxylic acids is 1. The molecular weight excluding hydrogens is 230 g/mol. The molecule has 98 valence electrons. The van der Waals surface area contributed by atoms with Crippen LogP contribution in [0.5, 0.6) is 0 Å². The number of nitrogens with one attached hydrogen (secondary N) is 1. The van der Waals surface area contributed by atoms with Crippen molar-refractivity contribution in [2.24, 2.45) is 0 Å². The molecule has 5 heteroatoms. The highest BCUT2D eigenvalue weighted by Crippen LogP contribution is 2.09. The highest BCUT2D eigenvalue weighted by molar-refractivity contribution is 5.94. The predicted molar refractivity (Wildman–Crippen MR) is 67.4 cm³/mol. The van der Waals surface area contributed by atoms with E-state index in [0.29, 0.717) is 18.3 Å². The molecule has 0 radical (unpaired) electrons. The van der Waals surface area contributed by atoms with Crippen molar-refractivity contribution in [3.63, 3.8) is 0 Å². The molecule has 18 heavy (non-hydrogen) atoms. The van der Waals surface area contributed by atoms with E-state index in [2.05, 4.69) is 15.3 Å². The van der Waals surface area contributed by atoms with Crippen LogP contribution in [0.1, 0.15) is 36.2 Å². The summed E-state index contributed by atoms with van der Waals surface area (Å²) < 4.78 is 5.40. The topological polar surface area (TPSA) is 64.1 Å². The van der Waals surface area contributed by atoms with Crippen molar-refractivity contribution >= 4 is 5.78 Å². The van der Waals surface area contributed by atoms with Crippen LogP contribution in [0.3, 0.4) is 0 Å². The Labute approximate surface area is 107 Å². The van der Waals surface area contributed by atoms with Gasteiger partial charge >= 0.3 is 0 Å². The number of ketones is 1. The Balaban J connectivity index is 1.62. The molecular formula is C13H19N3O2. The molecule has 0 unspecified atom stereocenters. The number of Topliss-reactive ketones (excluding diaryl/α,β-unsaturated/α-hetero) is 1. The van der Waals surface area contributed by atoms with E-state index < -0.39 is 0 Å². The number of nitrogens with zero attached hydrogens (tertiary/aromatic N) is 2. The number of ether oxygens (including phenoxy) is 1. The number of hydrogen-bond acceptors (Lipinski definition) is 5. The quantitative estimate of drug-likeness (QED) is 0.606. The van der Waals surface area contributed by atoms with E-state index in [1.54, 1.807) is 6.20 Å². The molecule has 0 spiro atoms. The molecule has 0 saturated carbocycles. The van der Waals surface area contributed by atoms with Crippen LogP contribution in [-0.4, -0.2) is 41.6 Å². The molecule has 1 aromatic rings. The molecule has 0 aliphatic carbocycles. The lowest BCUT2D eigenvalue weighted by atomic mass is 10.0. The van der Waals surface area contributed by atoms with Crippen LogP contribution in [-0.2, 0) is 4.74 Å². The van der Waals surface area contributed by atoms with Crippen molar-refractivity contribution in [2.75, 3.05) is 19.8 Å². The smallest absolute Gasteiger partial charge is 0.208 e.